The number of likely N-dealkylation sites (tertiary alicyclic amines) is 1. The van der Waals surface area contributed by atoms with Crippen molar-refractivity contribution in [3.05, 3.63) is 83.2 Å². The summed E-state index contributed by atoms with van der Waals surface area (Å²) in [5.41, 5.74) is 3.09. The molecule has 1 aromatic heterocycles. The van der Waals surface area contributed by atoms with Crippen LogP contribution in [0.5, 0.6) is 0 Å². The van der Waals surface area contributed by atoms with Gasteiger partial charge in [0, 0.05) is 45.2 Å². The van der Waals surface area contributed by atoms with Gasteiger partial charge in [0.15, 0.2) is 0 Å². The molecule has 1 atom stereocenters. The predicted octanol–water partition coefficient (Wildman–Crippen LogP) is 2.23. The first kappa shape index (κ1) is 26.6. The molecule has 2 bridgehead atoms. The summed E-state index contributed by atoms with van der Waals surface area (Å²) < 4.78 is 1.77. The third kappa shape index (κ3) is 6.53. The van der Waals surface area contributed by atoms with Crippen LogP contribution < -0.4 is 10.6 Å². The molecule has 3 heterocycles. The standard InChI is InChI=1S/C30H36N6O3/c1-22-8-10-24(11-9-22)19-27(37)35-16-12-30(13-17-35)20-25-21-36(34-33-25)15-5-14-31-28(38)26(32-29(30)39)18-23-6-3-2-4-7-23/h2-4,6-11,21,26H,5,12-20H2,1H3,(H,31,38)(H,32,39)/t26-/m0/s1. The summed E-state index contributed by atoms with van der Waals surface area (Å²) in [7, 11) is 0. The molecule has 2 aliphatic rings. The second-order valence-electron chi connectivity index (χ2n) is 10.8. The van der Waals surface area contributed by atoms with E-state index in [0.717, 1.165) is 22.4 Å². The van der Waals surface area contributed by atoms with Crippen molar-refractivity contribution in [2.24, 2.45) is 5.41 Å². The van der Waals surface area contributed by atoms with Crippen LogP contribution in [0.4, 0.5) is 0 Å². The molecule has 3 amide bonds. The smallest absolute Gasteiger partial charge is 0.242 e. The van der Waals surface area contributed by atoms with Gasteiger partial charge >= 0.3 is 0 Å². The average molecular weight is 529 g/mol. The van der Waals surface area contributed by atoms with Crippen molar-refractivity contribution in [1.82, 2.24) is 30.5 Å². The Kier molecular flexibility index (Phi) is 8.05. The van der Waals surface area contributed by atoms with Crippen molar-refractivity contribution in [3.63, 3.8) is 0 Å². The molecule has 39 heavy (non-hydrogen) atoms. The summed E-state index contributed by atoms with van der Waals surface area (Å²) >= 11 is 0. The summed E-state index contributed by atoms with van der Waals surface area (Å²) in [4.78, 5) is 42.1. The first-order valence-corrected chi connectivity index (χ1v) is 13.8. The van der Waals surface area contributed by atoms with E-state index < -0.39 is 11.5 Å². The van der Waals surface area contributed by atoms with Crippen LogP contribution >= 0.6 is 0 Å². The van der Waals surface area contributed by atoms with Gasteiger partial charge in [-0.1, -0.05) is 65.4 Å². The molecule has 204 valence electrons. The molecule has 2 aliphatic heterocycles. The Bertz CT molecular complexity index is 1300. The van der Waals surface area contributed by atoms with Gasteiger partial charge in [-0.15, -0.1) is 5.10 Å². The molecule has 0 saturated carbocycles. The minimum atomic E-state index is -0.787. The maximum atomic E-state index is 14.0. The summed E-state index contributed by atoms with van der Waals surface area (Å²) in [6.07, 6.45) is 4.75. The normalized spacial score (nSPS) is 19.8. The monoisotopic (exact) mass is 528 g/mol. The fourth-order valence-electron chi connectivity index (χ4n) is 5.48. The number of carbonyl (C=O) groups is 3. The summed E-state index contributed by atoms with van der Waals surface area (Å²) in [5, 5.41) is 14.7. The van der Waals surface area contributed by atoms with Gasteiger partial charge in [-0.25, -0.2) is 0 Å². The molecule has 2 N–H and O–H groups in total. The fourth-order valence-corrected chi connectivity index (χ4v) is 5.48. The minimum absolute atomic E-state index is 0.0611. The van der Waals surface area contributed by atoms with Crippen molar-refractivity contribution < 1.29 is 14.4 Å². The Labute approximate surface area is 229 Å². The number of hydrogen-bond acceptors (Lipinski definition) is 5. The van der Waals surface area contributed by atoms with E-state index in [1.54, 1.807) is 4.68 Å². The van der Waals surface area contributed by atoms with Gasteiger partial charge in [-0.05, 0) is 37.3 Å². The number of aryl methyl sites for hydroxylation is 2. The lowest BCUT2D eigenvalue weighted by molar-refractivity contribution is -0.141. The van der Waals surface area contributed by atoms with Crippen LogP contribution in [-0.4, -0.2) is 63.3 Å². The van der Waals surface area contributed by atoms with E-state index >= 15 is 0 Å². The molecular weight excluding hydrogens is 492 g/mol. The molecule has 0 radical (unpaired) electrons. The van der Waals surface area contributed by atoms with E-state index in [2.05, 4.69) is 20.9 Å². The number of rotatable bonds is 4. The van der Waals surface area contributed by atoms with Gasteiger partial charge in [0.25, 0.3) is 0 Å². The SMILES string of the molecule is Cc1ccc(CC(=O)N2CCC3(CC2)Cc2cn(nn2)CCCNC(=O)[C@H](Cc2ccccc2)NC3=O)cc1. The number of benzene rings is 2. The molecule has 9 nitrogen and oxygen atoms in total. The van der Waals surface area contributed by atoms with Gasteiger partial charge in [0.2, 0.25) is 17.7 Å². The highest BCUT2D eigenvalue weighted by Gasteiger charge is 2.44. The van der Waals surface area contributed by atoms with E-state index in [1.165, 1.54) is 0 Å². The van der Waals surface area contributed by atoms with Crippen LogP contribution in [0.25, 0.3) is 0 Å². The Balaban J connectivity index is 1.35. The van der Waals surface area contributed by atoms with Crippen molar-refractivity contribution in [2.45, 2.75) is 58.0 Å². The number of piperidine rings is 1. The van der Waals surface area contributed by atoms with Crippen LogP contribution in [0.1, 0.15) is 41.6 Å². The number of amides is 3. The minimum Gasteiger partial charge on any atom is -0.354 e. The molecule has 9 heteroatoms. The zero-order valence-corrected chi connectivity index (χ0v) is 22.4. The highest BCUT2D eigenvalue weighted by Crippen LogP contribution is 2.36. The van der Waals surface area contributed by atoms with E-state index in [4.69, 9.17) is 0 Å². The maximum Gasteiger partial charge on any atom is 0.242 e. The van der Waals surface area contributed by atoms with Crippen molar-refractivity contribution in [3.8, 4) is 0 Å². The first-order chi connectivity index (χ1) is 18.9. The molecule has 5 rings (SSSR count). The van der Waals surface area contributed by atoms with Gasteiger partial charge in [-0.2, -0.15) is 0 Å². The molecule has 2 aromatic carbocycles. The van der Waals surface area contributed by atoms with E-state index in [9.17, 15) is 14.4 Å². The van der Waals surface area contributed by atoms with Crippen LogP contribution in [0.3, 0.4) is 0 Å². The molecular formula is C30H36N6O3. The lowest BCUT2D eigenvalue weighted by Gasteiger charge is -2.41. The van der Waals surface area contributed by atoms with Gasteiger partial charge < -0.3 is 15.5 Å². The second kappa shape index (κ2) is 11.8. The third-order valence-electron chi connectivity index (χ3n) is 7.90. The number of fused-ring (bicyclic) bond motifs is 2. The van der Waals surface area contributed by atoms with Crippen LogP contribution in [-0.2, 0) is 40.2 Å². The second-order valence-corrected chi connectivity index (χ2v) is 10.8. The molecule has 1 spiro atoms. The van der Waals surface area contributed by atoms with E-state index in [0.29, 0.717) is 64.7 Å². The van der Waals surface area contributed by atoms with Crippen molar-refractivity contribution in [1.29, 1.82) is 0 Å². The summed E-state index contributed by atoms with van der Waals surface area (Å²) in [6, 6.07) is 17.0. The first-order valence-electron chi connectivity index (χ1n) is 13.8. The van der Waals surface area contributed by atoms with Crippen molar-refractivity contribution >= 4 is 17.7 Å². The van der Waals surface area contributed by atoms with Crippen LogP contribution in [0.2, 0.25) is 0 Å². The molecule has 0 aliphatic carbocycles. The van der Waals surface area contributed by atoms with Crippen LogP contribution in [0, 0.1) is 12.3 Å². The molecule has 0 unspecified atom stereocenters. The quantitative estimate of drug-likeness (QED) is 0.540. The Hall–Kier alpha value is -4.01. The zero-order valence-electron chi connectivity index (χ0n) is 22.4. The number of nitrogens with one attached hydrogen (secondary N) is 2. The number of aromatic nitrogens is 3. The summed E-state index contributed by atoms with van der Waals surface area (Å²) in [5.74, 6) is -0.297. The zero-order chi connectivity index (χ0) is 27.2. The topological polar surface area (TPSA) is 109 Å². The lowest BCUT2D eigenvalue weighted by atomic mass is 9.73. The van der Waals surface area contributed by atoms with E-state index in [-0.39, 0.29) is 17.7 Å². The van der Waals surface area contributed by atoms with Crippen LogP contribution in [0.15, 0.2) is 60.8 Å². The fraction of sp³-hybridized carbons (Fsp3) is 0.433. The average Bonchev–Trinajstić information content (AvgIpc) is 3.39. The van der Waals surface area contributed by atoms with Gasteiger partial charge in [-0.3, -0.25) is 19.1 Å². The number of carbonyl (C=O) groups excluding carboxylic acids is 3. The lowest BCUT2D eigenvalue weighted by Crippen LogP contribution is -2.56. The van der Waals surface area contributed by atoms with Crippen molar-refractivity contribution in [2.75, 3.05) is 19.6 Å². The highest BCUT2D eigenvalue weighted by molar-refractivity contribution is 5.91. The van der Waals surface area contributed by atoms with Gasteiger partial charge in [0.1, 0.15) is 6.04 Å². The molecule has 1 saturated heterocycles. The van der Waals surface area contributed by atoms with Gasteiger partial charge in [0.05, 0.1) is 17.5 Å². The van der Waals surface area contributed by atoms with E-state index in [1.807, 2.05) is 72.6 Å². The number of hydrogen-bond donors (Lipinski definition) is 2. The molecule has 1 fully saturated rings. The Morgan fingerprint density at radius 2 is 1.74 bits per heavy atom. The maximum absolute atomic E-state index is 14.0. The largest absolute Gasteiger partial charge is 0.354 e. The number of nitrogens with zero attached hydrogens (tertiary/aromatic N) is 4. The highest BCUT2D eigenvalue weighted by atomic mass is 16.2. The summed E-state index contributed by atoms with van der Waals surface area (Å²) in [6.45, 7) is 4.09. The Morgan fingerprint density at radius 3 is 2.49 bits per heavy atom. The third-order valence-corrected chi connectivity index (χ3v) is 7.90. The predicted molar refractivity (Wildman–Crippen MR) is 147 cm³/mol. The molecule has 3 aromatic rings. The Morgan fingerprint density at radius 1 is 1.00 bits per heavy atom.